The number of rotatable bonds is 3. The molecule has 0 atom stereocenters. The molecule has 0 saturated carbocycles. The van der Waals surface area contributed by atoms with Crippen LogP contribution in [0.2, 0.25) is 0 Å². The van der Waals surface area contributed by atoms with E-state index in [1.165, 1.54) is 6.07 Å². The predicted molar refractivity (Wildman–Crippen MR) is 63.5 cm³/mol. The molecule has 0 heterocycles. The molecule has 17 heavy (non-hydrogen) atoms. The van der Waals surface area contributed by atoms with Crippen molar-refractivity contribution in [3.8, 4) is 0 Å². The zero-order valence-electron chi connectivity index (χ0n) is 10.5. The quantitative estimate of drug-likeness (QED) is 0.435. The molecule has 0 N–H and O–H groups in total. The molecule has 2 aromatic carbocycles. The first-order valence-electron chi connectivity index (χ1n) is 4.67. The van der Waals surface area contributed by atoms with Gasteiger partial charge in [0, 0.05) is 5.39 Å². The van der Waals surface area contributed by atoms with Gasteiger partial charge in [0.15, 0.2) is 0 Å². The molecule has 0 bridgehead atoms. The molecule has 0 spiro atoms. The molecule has 0 aromatic heterocycles. The van der Waals surface area contributed by atoms with Crippen molar-refractivity contribution in [3.05, 3.63) is 55.3 Å². The average molecular weight is 258 g/mol. The van der Waals surface area contributed by atoms with Gasteiger partial charge in [-0.3, -0.25) is 0 Å². The average Bonchev–Trinajstić information content (AvgIpc) is 2.28. The van der Waals surface area contributed by atoms with Gasteiger partial charge in [0.1, 0.15) is 4.90 Å². The van der Waals surface area contributed by atoms with Crippen LogP contribution in [0.3, 0.4) is 0 Å². The summed E-state index contributed by atoms with van der Waals surface area (Å²) in [5, 5.41) is 1.50. The summed E-state index contributed by atoms with van der Waals surface area (Å²) in [7, 11) is -3.75. The molecule has 0 aliphatic rings. The van der Waals surface area contributed by atoms with Crippen molar-refractivity contribution in [1.29, 1.82) is 0 Å². The number of benzene rings is 2. The van der Waals surface area contributed by atoms with Gasteiger partial charge in [0.2, 0.25) is 0 Å². The van der Waals surface area contributed by atoms with Crippen molar-refractivity contribution < 1.29 is 43.6 Å². The molecule has 5 heteroatoms. The van der Waals surface area contributed by atoms with E-state index < -0.39 is 10.1 Å². The van der Waals surface area contributed by atoms with Crippen LogP contribution in [0.1, 0.15) is 1.43 Å². The second-order valence-electron chi connectivity index (χ2n) is 3.19. The Morgan fingerprint density at radius 3 is 2.47 bits per heavy atom. The summed E-state index contributed by atoms with van der Waals surface area (Å²) in [4.78, 5) is 0.158. The molecule has 0 aliphatic heterocycles. The first kappa shape index (κ1) is 14.3. The normalized spacial score (nSPS) is 10.6. The van der Waals surface area contributed by atoms with E-state index in [-0.39, 0.29) is 35.9 Å². The minimum Gasteiger partial charge on any atom is -1.00 e. The summed E-state index contributed by atoms with van der Waals surface area (Å²) in [5.41, 5.74) is 0. The van der Waals surface area contributed by atoms with E-state index in [1.807, 2.05) is 18.2 Å². The number of hydrogen-bond donors (Lipinski definition) is 0. The molecule has 0 aliphatic carbocycles. The van der Waals surface area contributed by atoms with Gasteiger partial charge in [0.25, 0.3) is 0 Å². The minimum absolute atomic E-state index is 0. The molecule has 0 fully saturated rings. The summed E-state index contributed by atoms with van der Waals surface area (Å²) in [6.07, 6.45) is 0.914. The van der Waals surface area contributed by atoms with Gasteiger partial charge in [-0.15, -0.1) is 0 Å². The summed E-state index contributed by atoms with van der Waals surface area (Å²) in [6, 6.07) is 12.3. The zero-order chi connectivity index (χ0) is 11.6. The fourth-order valence-electron chi connectivity index (χ4n) is 1.56. The van der Waals surface area contributed by atoms with Crippen LogP contribution in [-0.2, 0) is 14.3 Å². The maximum Gasteiger partial charge on any atom is 1.00 e. The van der Waals surface area contributed by atoms with E-state index >= 15 is 0 Å². The van der Waals surface area contributed by atoms with Crippen LogP contribution in [0.4, 0.5) is 0 Å². The van der Waals surface area contributed by atoms with E-state index in [1.54, 1.807) is 18.2 Å². The monoisotopic (exact) mass is 258 g/mol. The fourth-order valence-corrected chi connectivity index (χ4v) is 2.54. The van der Waals surface area contributed by atoms with E-state index in [2.05, 4.69) is 10.8 Å². The Morgan fingerprint density at radius 1 is 1.12 bits per heavy atom. The van der Waals surface area contributed by atoms with Crippen LogP contribution in [0.5, 0.6) is 0 Å². The van der Waals surface area contributed by atoms with E-state index in [4.69, 9.17) is 0 Å². The van der Waals surface area contributed by atoms with Crippen molar-refractivity contribution in [2.75, 3.05) is 0 Å². The van der Waals surface area contributed by atoms with Crippen molar-refractivity contribution in [2.24, 2.45) is 0 Å². The van der Waals surface area contributed by atoms with Crippen molar-refractivity contribution in [3.63, 3.8) is 0 Å². The molecule has 0 radical (unpaired) electrons. The van der Waals surface area contributed by atoms with Gasteiger partial charge >= 0.3 is 39.7 Å². The van der Waals surface area contributed by atoms with E-state index in [0.29, 0.717) is 5.39 Å². The SMILES string of the molecule is C=COS(=O)(=O)c1cccc2ccccc12.[H-].[Na+]. The Hall–Kier alpha value is -0.810. The Morgan fingerprint density at radius 2 is 1.76 bits per heavy atom. The smallest absolute Gasteiger partial charge is 1.00 e. The molecule has 0 unspecified atom stereocenters. The Bertz CT molecular complexity index is 635. The number of hydrogen-bond acceptors (Lipinski definition) is 3. The van der Waals surface area contributed by atoms with Gasteiger partial charge in [-0.2, -0.15) is 8.42 Å². The standard InChI is InChI=1S/C12H10O3S.Na.H/c1-2-15-16(13,14)12-9-5-7-10-6-3-4-8-11(10)12;;/h2-9H,1H2;;/q;+1;-1. The third kappa shape index (κ3) is 2.90. The van der Waals surface area contributed by atoms with Gasteiger partial charge < -0.3 is 5.61 Å². The largest absolute Gasteiger partial charge is 1.00 e. The van der Waals surface area contributed by atoms with Crippen LogP contribution in [-0.4, -0.2) is 8.42 Å². The van der Waals surface area contributed by atoms with Crippen LogP contribution in [0.25, 0.3) is 10.8 Å². The van der Waals surface area contributed by atoms with Crippen molar-refractivity contribution >= 4 is 20.9 Å². The minimum atomic E-state index is -3.75. The summed E-state index contributed by atoms with van der Waals surface area (Å²) >= 11 is 0. The molecule has 2 aromatic rings. The van der Waals surface area contributed by atoms with Crippen LogP contribution in [0, 0.1) is 0 Å². The fraction of sp³-hybridized carbons (Fsp3) is 0. The maximum absolute atomic E-state index is 11.8. The Kier molecular flexibility index (Phi) is 4.77. The molecule has 3 nitrogen and oxygen atoms in total. The van der Waals surface area contributed by atoms with Gasteiger partial charge in [0.05, 0.1) is 6.26 Å². The van der Waals surface area contributed by atoms with E-state index in [9.17, 15) is 8.42 Å². The molecular formula is C12H11NaO3S. The third-order valence-corrected chi connectivity index (χ3v) is 3.50. The first-order chi connectivity index (χ1) is 7.65. The topological polar surface area (TPSA) is 43.4 Å². The second kappa shape index (κ2) is 5.69. The molecule has 0 amide bonds. The van der Waals surface area contributed by atoms with Gasteiger partial charge in [-0.05, 0) is 11.5 Å². The molecular weight excluding hydrogens is 247 g/mol. The molecule has 0 saturated heterocycles. The Labute approximate surface area is 124 Å². The van der Waals surface area contributed by atoms with Gasteiger partial charge in [-0.25, -0.2) is 0 Å². The molecule has 2 rings (SSSR count). The van der Waals surface area contributed by atoms with E-state index in [0.717, 1.165) is 11.6 Å². The summed E-state index contributed by atoms with van der Waals surface area (Å²) in [5.74, 6) is 0. The summed E-state index contributed by atoms with van der Waals surface area (Å²) in [6.45, 7) is 3.25. The predicted octanol–water partition coefficient (Wildman–Crippen LogP) is -0.195. The van der Waals surface area contributed by atoms with Crippen LogP contribution >= 0.6 is 0 Å². The van der Waals surface area contributed by atoms with Crippen LogP contribution < -0.4 is 29.6 Å². The van der Waals surface area contributed by atoms with Crippen molar-refractivity contribution in [1.82, 2.24) is 0 Å². The van der Waals surface area contributed by atoms with Crippen LogP contribution in [0.15, 0.2) is 60.2 Å². The third-order valence-electron chi connectivity index (χ3n) is 2.21. The summed E-state index contributed by atoms with van der Waals surface area (Å²) < 4.78 is 28.1. The van der Waals surface area contributed by atoms with Gasteiger partial charge in [-0.1, -0.05) is 43.0 Å². The number of fused-ring (bicyclic) bond motifs is 1. The molecule has 84 valence electrons. The zero-order valence-corrected chi connectivity index (χ0v) is 12.3. The van der Waals surface area contributed by atoms with Crippen molar-refractivity contribution in [2.45, 2.75) is 4.90 Å². The first-order valence-corrected chi connectivity index (χ1v) is 6.08. The second-order valence-corrected chi connectivity index (χ2v) is 4.73. The maximum atomic E-state index is 11.8. The Balaban J connectivity index is 0.00000144.